The van der Waals surface area contributed by atoms with Crippen LogP contribution < -0.4 is 11.2 Å². The third kappa shape index (κ3) is 5.08. The van der Waals surface area contributed by atoms with E-state index in [0.717, 1.165) is 4.57 Å². The molecule has 0 saturated carbocycles. The zero-order chi connectivity index (χ0) is 18.7. The summed E-state index contributed by atoms with van der Waals surface area (Å²) in [5.74, 6) is 0. The van der Waals surface area contributed by atoms with E-state index in [-0.39, 0.29) is 6.42 Å². The Kier molecular flexibility index (Phi) is 6.58. The fraction of sp³-hybridized carbons (Fsp3) is 0.545. The number of hydrogen-bond acceptors (Lipinski definition) is 6. The van der Waals surface area contributed by atoms with Crippen molar-refractivity contribution in [3.05, 3.63) is 32.6 Å². The topological polar surface area (TPSA) is 179 Å². The Hall–Kier alpha value is -1.85. The number of halogens is 1. The fourth-order valence-corrected chi connectivity index (χ4v) is 1.82. The van der Waals surface area contributed by atoms with Crippen LogP contribution in [-0.4, -0.2) is 54.1 Å². The molecule has 13 heteroatoms. The molecule has 136 valence electrons. The quantitative estimate of drug-likeness (QED) is 0.430. The molecule has 0 bridgehead atoms. The maximum Gasteiger partial charge on any atom is 0.433 e. The van der Waals surface area contributed by atoms with E-state index < -0.39 is 49.7 Å². The largest absolute Gasteiger partial charge is 0.472 e. The van der Waals surface area contributed by atoms with Gasteiger partial charge in [0.25, 0.3) is 5.56 Å². The Morgan fingerprint density at radius 1 is 1.50 bits per heavy atom. The van der Waals surface area contributed by atoms with Gasteiger partial charge in [0.1, 0.15) is 18.5 Å². The number of carbonyl (C=O) groups is 1. The molecule has 1 saturated heterocycles. The minimum Gasteiger partial charge on any atom is -0.472 e. The van der Waals surface area contributed by atoms with Gasteiger partial charge in [-0.15, -0.1) is 0 Å². The molecule has 3 atom stereocenters. The number of nitrogens with zero attached hydrogens (tertiary/aromatic N) is 1. The average Bonchev–Trinajstić information content (AvgIpc) is 2.83. The van der Waals surface area contributed by atoms with Crippen molar-refractivity contribution >= 4 is 13.3 Å². The van der Waals surface area contributed by atoms with Gasteiger partial charge in [0.2, 0.25) is 0 Å². The highest BCUT2D eigenvalue weighted by atomic mass is 31.2. The lowest BCUT2D eigenvalue weighted by Gasteiger charge is -2.14. The van der Waals surface area contributed by atoms with Crippen molar-refractivity contribution in [1.29, 1.82) is 0 Å². The standard InChI is InChI=1S/C10H13FN2O4.CH3O5P/c1-5-3-13(10(16)12-9(5)15)8-2-6(11)7(4-14)17-8;2-1(3)7(4,5)6/h3,6-8,14H,2,4H2,1H3,(H,12,15,16);(H,2,3)(H2,4,5,6)/t6-,7+,8+;/m0./s1. The molecule has 0 amide bonds. The van der Waals surface area contributed by atoms with Crippen molar-refractivity contribution in [1.82, 2.24) is 9.55 Å². The number of H-pyrrole nitrogens is 1. The molecule has 0 unspecified atom stereocenters. The van der Waals surface area contributed by atoms with Gasteiger partial charge in [0, 0.05) is 18.2 Å². The van der Waals surface area contributed by atoms with Crippen LogP contribution in [0.25, 0.3) is 0 Å². The summed E-state index contributed by atoms with van der Waals surface area (Å²) >= 11 is 0. The predicted octanol–water partition coefficient (Wildman–Crippen LogP) is -0.695. The molecule has 5 N–H and O–H groups in total. The minimum atomic E-state index is -4.82. The van der Waals surface area contributed by atoms with Crippen LogP contribution in [0.3, 0.4) is 0 Å². The maximum atomic E-state index is 13.4. The van der Waals surface area contributed by atoms with Gasteiger partial charge in [-0.25, -0.2) is 18.5 Å². The van der Waals surface area contributed by atoms with Gasteiger partial charge in [0.15, 0.2) is 0 Å². The molecule has 1 fully saturated rings. The molecule has 1 aromatic rings. The van der Waals surface area contributed by atoms with Crippen LogP contribution in [0, 0.1) is 6.92 Å². The van der Waals surface area contributed by atoms with Crippen LogP contribution in [0.1, 0.15) is 18.2 Å². The molecular weight excluding hydrogens is 354 g/mol. The summed E-state index contributed by atoms with van der Waals surface area (Å²) in [4.78, 5) is 49.3. The molecule has 0 radical (unpaired) electrons. The van der Waals surface area contributed by atoms with Crippen molar-refractivity contribution in [2.45, 2.75) is 31.8 Å². The first-order valence-electron chi connectivity index (χ1n) is 6.48. The highest BCUT2D eigenvalue weighted by Crippen LogP contribution is 2.34. The number of aryl methyl sites for hydroxylation is 1. The Morgan fingerprint density at radius 2 is 2.04 bits per heavy atom. The van der Waals surface area contributed by atoms with Crippen LogP contribution in [0.5, 0.6) is 0 Å². The monoisotopic (exact) mass is 370 g/mol. The number of alkyl halides is 1. The lowest BCUT2D eigenvalue weighted by atomic mass is 10.2. The lowest BCUT2D eigenvalue weighted by Crippen LogP contribution is -2.33. The predicted molar refractivity (Wildman–Crippen MR) is 76.6 cm³/mol. The average molecular weight is 370 g/mol. The fourth-order valence-electron chi connectivity index (χ4n) is 1.82. The van der Waals surface area contributed by atoms with Gasteiger partial charge in [-0.3, -0.25) is 14.3 Å². The van der Waals surface area contributed by atoms with Crippen LogP contribution in [0.4, 0.5) is 9.18 Å². The minimum absolute atomic E-state index is 0.0172. The second-order valence-corrected chi connectivity index (χ2v) is 6.34. The highest BCUT2D eigenvalue weighted by Gasteiger charge is 2.36. The Morgan fingerprint density at radius 3 is 2.46 bits per heavy atom. The molecule has 0 aliphatic carbocycles. The SMILES string of the molecule is Cc1cn([C@H]2C[C@H](F)[C@@H](CO)O2)c(=O)[nH]c1=O.O=C(O)P(=O)(O)O. The van der Waals surface area contributed by atoms with Gasteiger partial charge in [0.05, 0.1) is 6.61 Å². The van der Waals surface area contributed by atoms with Crippen LogP contribution >= 0.6 is 7.60 Å². The zero-order valence-electron chi connectivity index (χ0n) is 12.3. The van der Waals surface area contributed by atoms with Crippen molar-refractivity contribution in [2.75, 3.05) is 6.61 Å². The van der Waals surface area contributed by atoms with E-state index >= 15 is 0 Å². The van der Waals surface area contributed by atoms with Crippen LogP contribution in [0.15, 0.2) is 15.8 Å². The van der Waals surface area contributed by atoms with Crippen molar-refractivity contribution in [2.24, 2.45) is 0 Å². The summed E-state index contributed by atoms with van der Waals surface area (Å²) in [5.41, 5.74) is -2.86. The third-order valence-electron chi connectivity index (χ3n) is 3.05. The van der Waals surface area contributed by atoms with Crippen molar-refractivity contribution < 1.29 is 38.5 Å². The summed E-state index contributed by atoms with van der Waals surface area (Å²) in [6.07, 6.45) is -1.71. The lowest BCUT2D eigenvalue weighted by molar-refractivity contribution is -0.0356. The Bertz CT molecular complexity index is 755. The highest BCUT2D eigenvalue weighted by molar-refractivity contribution is 7.69. The summed E-state index contributed by atoms with van der Waals surface area (Å²) in [6.45, 7) is 1.11. The van der Waals surface area contributed by atoms with Gasteiger partial charge < -0.3 is 24.7 Å². The molecule has 1 aliphatic heterocycles. The van der Waals surface area contributed by atoms with Crippen LogP contribution in [0.2, 0.25) is 0 Å². The normalized spacial score (nSPS) is 23.5. The van der Waals surface area contributed by atoms with Gasteiger partial charge in [-0.2, -0.15) is 0 Å². The maximum absolute atomic E-state index is 13.4. The number of hydrogen-bond donors (Lipinski definition) is 5. The number of nitrogens with one attached hydrogen (secondary N) is 1. The summed E-state index contributed by atoms with van der Waals surface area (Å²) in [5, 5.41) is 16.3. The first kappa shape index (κ1) is 20.2. The molecule has 0 spiro atoms. The van der Waals surface area contributed by atoms with Gasteiger partial charge in [-0.1, -0.05) is 0 Å². The molecule has 11 nitrogen and oxygen atoms in total. The molecule has 2 heterocycles. The number of aliphatic hydroxyl groups excluding tert-OH is 1. The van der Waals surface area contributed by atoms with Crippen LogP contribution in [-0.2, 0) is 9.30 Å². The molecule has 1 aliphatic rings. The summed E-state index contributed by atoms with van der Waals surface area (Å²) in [6, 6.07) is 0. The number of aliphatic hydroxyl groups is 1. The molecule has 24 heavy (non-hydrogen) atoms. The zero-order valence-corrected chi connectivity index (χ0v) is 13.2. The van der Waals surface area contributed by atoms with E-state index in [1.165, 1.54) is 6.20 Å². The Balaban J connectivity index is 0.000000351. The number of carboxylic acid groups (broad SMARTS) is 1. The molecular formula is C11H16FN2O9P. The molecule has 0 aromatic carbocycles. The second kappa shape index (κ2) is 7.81. The summed E-state index contributed by atoms with van der Waals surface area (Å²) in [7, 11) is -4.82. The first-order valence-corrected chi connectivity index (χ1v) is 8.10. The van der Waals surface area contributed by atoms with E-state index in [1.807, 2.05) is 0 Å². The van der Waals surface area contributed by atoms with Crippen molar-refractivity contribution in [3.63, 3.8) is 0 Å². The van der Waals surface area contributed by atoms with Crippen molar-refractivity contribution in [3.8, 4) is 0 Å². The smallest absolute Gasteiger partial charge is 0.433 e. The summed E-state index contributed by atoms with van der Waals surface area (Å²) < 4.78 is 29.1. The Labute approximate surface area is 133 Å². The van der Waals surface area contributed by atoms with E-state index in [9.17, 15) is 23.3 Å². The van der Waals surface area contributed by atoms with E-state index in [2.05, 4.69) is 4.98 Å². The number of rotatable bonds is 3. The van der Waals surface area contributed by atoms with Gasteiger partial charge >= 0.3 is 19.0 Å². The second-order valence-electron chi connectivity index (χ2n) is 4.87. The number of ether oxygens (including phenoxy) is 1. The third-order valence-corrected chi connectivity index (χ3v) is 3.55. The molecule has 1 aromatic heterocycles. The van der Waals surface area contributed by atoms with E-state index in [4.69, 9.17) is 24.7 Å². The van der Waals surface area contributed by atoms with Gasteiger partial charge in [-0.05, 0) is 6.92 Å². The molecule has 2 rings (SSSR count). The van der Waals surface area contributed by atoms with E-state index in [0.29, 0.717) is 5.56 Å². The number of aromatic amines is 1. The first-order chi connectivity index (χ1) is 11.0. The number of aromatic nitrogens is 2. The van der Waals surface area contributed by atoms with E-state index in [1.54, 1.807) is 6.92 Å².